The van der Waals surface area contributed by atoms with Gasteiger partial charge in [-0.25, -0.2) is 4.98 Å². The first-order valence-electron chi connectivity index (χ1n) is 5.47. The van der Waals surface area contributed by atoms with Gasteiger partial charge in [0.1, 0.15) is 5.78 Å². The van der Waals surface area contributed by atoms with Crippen molar-refractivity contribution in [2.45, 2.75) is 43.0 Å². The molecule has 0 aliphatic heterocycles. The molecule has 0 radical (unpaired) electrons. The Labute approximate surface area is 94.1 Å². The second kappa shape index (κ2) is 4.84. The van der Waals surface area contributed by atoms with E-state index in [0.29, 0.717) is 23.4 Å². The lowest BCUT2D eigenvalue weighted by Crippen LogP contribution is -2.26. The summed E-state index contributed by atoms with van der Waals surface area (Å²) in [5.74, 6) is 1.07. The van der Waals surface area contributed by atoms with E-state index in [2.05, 4.69) is 16.9 Å². The molecule has 0 saturated heterocycles. The molecule has 2 atom stereocenters. The Morgan fingerprint density at radius 2 is 2.53 bits per heavy atom. The number of thioether (sulfide) groups is 1. The Hall–Kier alpha value is -0.770. The molecular weight excluding hydrogens is 208 g/mol. The van der Waals surface area contributed by atoms with Crippen LogP contribution in [0.2, 0.25) is 0 Å². The number of H-pyrrole nitrogens is 1. The first-order valence-corrected chi connectivity index (χ1v) is 6.35. The molecule has 1 aliphatic rings. The molecule has 0 amide bonds. The van der Waals surface area contributed by atoms with Gasteiger partial charge in [-0.3, -0.25) is 4.79 Å². The zero-order valence-electron chi connectivity index (χ0n) is 8.90. The van der Waals surface area contributed by atoms with Crippen LogP contribution < -0.4 is 0 Å². The van der Waals surface area contributed by atoms with Gasteiger partial charge in [0, 0.05) is 30.5 Å². The van der Waals surface area contributed by atoms with Crippen molar-refractivity contribution in [1.82, 2.24) is 9.97 Å². The van der Waals surface area contributed by atoms with Crippen LogP contribution in [-0.4, -0.2) is 21.0 Å². The number of aromatic amines is 1. The van der Waals surface area contributed by atoms with E-state index in [0.717, 1.165) is 24.4 Å². The Bertz CT molecular complexity index is 323. The number of nitrogens with one attached hydrogen (secondary N) is 1. The minimum Gasteiger partial charge on any atom is -0.340 e. The standard InChI is InChI=1S/C11H16N2OS/c1-2-8-3-4-9(14)7-10(8)15-11-12-5-6-13-11/h5-6,8,10H,2-4,7H2,1H3,(H,12,13). The molecule has 15 heavy (non-hydrogen) atoms. The number of hydrogen-bond donors (Lipinski definition) is 1. The van der Waals surface area contributed by atoms with E-state index in [4.69, 9.17) is 0 Å². The van der Waals surface area contributed by atoms with Crippen molar-refractivity contribution in [1.29, 1.82) is 0 Å². The van der Waals surface area contributed by atoms with Gasteiger partial charge in [0.25, 0.3) is 0 Å². The number of carbonyl (C=O) groups excluding carboxylic acids is 1. The van der Waals surface area contributed by atoms with E-state index in [-0.39, 0.29) is 0 Å². The number of hydrogen-bond acceptors (Lipinski definition) is 3. The van der Waals surface area contributed by atoms with Crippen molar-refractivity contribution in [2.75, 3.05) is 0 Å². The highest BCUT2D eigenvalue weighted by Gasteiger charge is 2.29. The van der Waals surface area contributed by atoms with Crippen LogP contribution in [0, 0.1) is 5.92 Å². The summed E-state index contributed by atoms with van der Waals surface area (Å²) in [4.78, 5) is 18.7. The average molecular weight is 224 g/mol. The summed E-state index contributed by atoms with van der Waals surface area (Å²) in [6.45, 7) is 2.20. The molecule has 1 heterocycles. The number of Topliss-reactive ketones (excluding diaryl/α,β-unsaturated/α-hetero) is 1. The van der Waals surface area contributed by atoms with Crippen LogP contribution >= 0.6 is 11.8 Å². The molecule has 2 unspecified atom stereocenters. The molecule has 1 N–H and O–H groups in total. The number of aromatic nitrogens is 2. The van der Waals surface area contributed by atoms with Crippen LogP contribution in [0.15, 0.2) is 17.6 Å². The first-order chi connectivity index (χ1) is 7.29. The van der Waals surface area contributed by atoms with Gasteiger partial charge in [0.05, 0.1) is 0 Å². The second-order valence-corrected chi connectivity index (χ2v) is 5.23. The van der Waals surface area contributed by atoms with Gasteiger partial charge in [-0.2, -0.15) is 0 Å². The minimum absolute atomic E-state index is 0.406. The predicted octanol–water partition coefficient (Wildman–Crippen LogP) is 2.65. The molecule has 1 aliphatic carbocycles. The highest BCUT2D eigenvalue weighted by molar-refractivity contribution is 7.99. The maximum atomic E-state index is 11.4. The lowest BCUT2D eigenvalue weighted by molar-refractivity contribution is -0.120. The number of imidazole rings is 1. The third-order valence-corrected chi connectivity index (χ3v) is 4.31. The number of rotatable bonds is 3. The summed E-state index contributed by atoms with van der Waals surface area (Å²) >= 11 is 1.72. The summed E-state index contributed by atoms with van der Waals surface area (Å²) in [5.41, 5.74) is 0. The third kappa shape index (κ3) is 2.62. The largest absolute Gasteiger partial charge is 0.340 e. The Morgan fingerprint density at radius 3 is 3.20 bits per heavy atom. The second-order valence-electron chi connectivity index (χ2n) is 4.00. The topological polar surface area (TPSA) is 45.8 Å². The van der Waals surface area contributed by atoms with Gasteiger partial charge in [-0.15, -0.1) is 0 Å². The van der Waals surface area contributed by atoms with Crippen LogP contribution in [0.1, 0.15) is 32.6 Å². The van der Waals surface area contributed by atoms with Crippen LogP contribution in [-0.2, 0) is 4.79 Å². The van der Waals surface area contributed by atoms with E-state index in [1.54, 1.807) is 18.0 Å². The third-order valence-electron chi connectivity index (χ3n) is 3.01. The normalized spacial score (nSPS) is 26.9. The molecule has 0 bridgehead atoms. The van der Waals surface area contributed by atoms with Gasteiger partial charge in [-0.05, 0) is 12.3 Å². The summed E-state index contributed by atoms with van der Waals surface area (Å²) in [5, 5.41) is 1.36. The van der Waals surface area contributed by atoms with E-state index < -0.39 is 0 Å². The maximum Gasteiger partial charge on any atom is 0.165 e. The van der Waals surface area contributed by atoms with Crippen LogP contribution in [0.3, 0.4) is 0 Å². The molecule has 1 aromatic rings. The fourth-order valence-electron chi connectivity index (χ4n) is 2.09. The molecule has 4 heteroatoms. The SMILES string of the molecule is CCC1CCC(=O)CC1Sc1ncc[nH]1. The Kier molecular flexibility index (Phi) is 3.46. The monoisotopic (exact) mass is 224 g/mol. The average Bonchev–Trinajstić information content (AvgIpc) is 2.71. The summed E-state index contributed by atoms with van der Waals surface area (Å²) in [7, 11) is 0. The molecule has 1 fully saturated rings. The van der Waals surface area contributed by atoms with E-state index in [1.165, 1.54) is 0 Å². The minimum atomic E-state index is 0.406. The fraction of sp³-hybridized carbons (Fsp3) is 0.636. The fourth-order valence-corrected chi connectivity index (χ4v) is 3.42. The zero-order chi connectivity index (χ0) is 10.7. The van der Waals surface area contributed by atoms with Gasteiger partial charge in [0.2, 0.25) is 0 Å². The highest BCUT2D eigenvalue weighted by atomic mass is 32.2. The maximum absolute atomic E-state index is 11.4. The van der Waals surface area contributed by atoms with Crippen LogP contribution in [0.5, 0.6) is 0 Å². The Morgan fingerprint density at radius 1 is 1.67 bits per heavy atom. The van der Waals surface area contributed by atoms with Crippen molar-refractivity contribution >= 4 is 17.5 Å². The predicted molar refractivity (Wildman–Crippen MR) is 60.9 cm³/mol. The smallest absolute Gasteiger partial charge is 0.165 e. The zero-order valence-corrected chi connectivity index (χ0v) is 9.72. The summed E-state index contributed by atoms with van der Waals surface area (Å²) < 4.78 is 0. The molecule has 82 valence electrons. The molecular formula is C11H16N2OS. The molecule has 0 aromatic carbocycles. The van der Waals surface area contributed by atoms with Gasteiger partial charge < -0.3 is 4.98 Å². The van der Waals surface area contributed by atoms with Gasteiger partial charge in [0.15, 0.2) is 5.16 Å². The molecule has 0 spiro atoms. The summed E-state index contributed by atoms with van der Waals surface area (Å²) in [6.07, 6.45) is 7.28. The van der Waals surface area contributed by atoms with Crippen molar-refractivity contribution in [3.05, 3.63) is 12.4 Å². The van der Waals surface area contributed by atoms with Crippen molar-refractivity contribution < 1.29 is 4.79 Å². The number of carbonyl (C=O) groups is 1. The van der Waals surface area contributed by atoms with Crippen LogP contribution in [0.4, 0.5) is 0 Å². The van der Waals surface area contributed by atoms with E-state index in [1.807, 2.05) is 6.20 Å². The first kappa shape index (κ1) is 10.7. The van der Waals surface area contributed by atoms with Gasteiger partial charge >= 0.3 is 0 Å². The molecule has 3 nitrogen and oxygen atoms in total. The Balaban J connectivity index is 2.01. The van der Waals surface area contributed by atoms with Crippen molar-refractivity contribution in [3.8, 4) is 0 Å². The highest BCUT2D eigenvalue weighted by Crippen LogP contribution is 2.36. The van der Waals surface area contributed by atoms with Gasteiger partial charge in [-0.1, -0.05) is 25.1 Å². The molecule has 1 saturated carbocycles. The quantitative estimate of drug-likeness (QED) is 0.858. The van der Waals surface area contributed by atoms with Crippen LogP contribution in [0.25, 0.3) is 0 Å². The molecule has 2 rings (SSSR count). The molecule has 1 aromatic heterocycles. The number of nitrogens with zero attached hydrogens (tertiary/aromatic N) is 1. The van der Waals surface area contributed by atoms with E-state index in [9.17, 15) is 4.79 Å². The lowest BCUT2D eigenvalue weighted by Gasteiger charge is -2.28. The summed E-state index contributed by atoms with van der Waals surface area (Å²) in [6, 6.07) is 0. The van der Waals surface area contributed by atoms with Crippen molar-refractivity contribution in [3.63, 3.8) is 0 Å². The lowest BCUT2D eigenvalue weighted by atomic mass is 9.86. The van der Waals surface area contributed by atoms with E-state index >= 15 is 0 Å². The van der Waals surface area contributed by atoms with Crippen molar-refractivity contribution in [2.24, 2.45) is 5.92 Å². The number of ketones is 1.